The molecule has 0 aliphatic carbocycles. The van der Waals surface area contributed by atoms with Crippen LogP contribution in [0.1, 0.15) is 46.5 Å². The monoisotopic (exact) mass is 462 g/mol. The number of amides is 2. The number of thioether (sulfide) groups is 1. The summed E-state index contributed by atoms with van der Waals surface area (Å²) in [5, 5.41) is 9.93. The average molecular weight is 463 g/mol. The van der Waals surface area contributed by atoms with Crippen LogP contribution in [0.4, 0.5) is 0 Å². The molecule has 4 aliphatic heterocycles. The van der Waals surface area contributed by atoms with Crippen LogP contribution in [-0.2, 0) is 19.1 Å². The Morgan fingerprint density at radius 2 is 1.97 bits per heavy atom. The number of rotatable bonds is 6. The van der Waals surface area contributed by atoms with Gasteiger partial charge in [0, 0.05) is 17.8 Å². The van der Waals surface area contributed by atoms with Crippen LogP contribution >= 0.6 is 11.8 Å². The van der Waals surface area contributed by atoms with Crippen molar-refractivity contribution in [2.24, 2.45) is 11.8 Å². The molecule has 176 valence electrons. The summed E-state index contributed by atoms with van der Waals surface area (Å²) in [7, 11) is 0. The molecule has 0 aromatic carbocycles. The van der Waals surface area contributed by atoms with Crippen molar-refractivity contribution >= 4 is 29.5 Å². The number of nitrogens with zero attached hydrogens (tertiary/aromatic N) is 2. The van der Waals surface area contributed by atoms with Crippen LogP contribution in [-0.4, -0.2) is 80.6 Å². The Bertz CT molecular complexity index is 844. The highest BCUT2D eigenvalue weighted by Crippen LogP contribution is 2.65. The molecule has 0 aromatic rings. The number of hydrogen-bond acceptors (Lipinski definition) is 6. The van der Waals surface area contributed by atoms with E-state index in [1.54, 1.807) is 23.6 Å². The summed E-state index contributed by atoms with van der Waals surface area (Å²) in [6.45, 7) is 7.04. The van der Waals surface area contributed by atoms with Gasteiger partial charge in [0.2, 0.25) is 11.8 Å². The van der Waals surface area contributed by atoms with E-state index in [0.29, 0.717) is 26.1 Å². The highest BCUT2D eigenvalue weighted by atomic mass is 32.2. The maximum absolute atomic E-state index is 13.9. The van der Waals surface area contributed by atoms with Crippen LogP contribution in [0, 0.1) is 11.8 Å². The van der Waals surface area contributed by atoms with Gasteiger partial charge in [-0.15, -0.1) is 11.8 Å². The lowest BCUT2D eigenvalue weighted by Crippen LogP contribution is -2.56. The van der Waals surface area contributed by atoms with E-state index in [1.165, 1.54) is 0 Å². The molecule has 2 fully saturated rings. The van der Waals surface area contributed by atoms with Gasteiger partial charge in [-0.3, -0.25) is 14.4 Å². The maximum atomic E-state index is 13.9. The number of ether oxygens (including phenoxy) is 1. The zero-order valence-electron chi connectivity index (χ0n) is 19.2. The molecule has 0 saturated carbocycles. The standard InChI is InChI=1S/C24H34N2O5S/c1-4-5-7-12-25-13-9-11-24-17(20(28)26(16(2)15-27)19(24)21(25)29)18-22(30)31-14-8-6-10-23(18,3)32-24/h6,9-11,16-19,27H,4-5,7-8,12-15H2,1-3H3/t16-,17+,18-,19?,23+,24+/m1/s1. The minimum absolute atomic E-state index is 0.0926. The quantitative estimate of drug-likeness (QED) is 0.370. The fourth-order valence-electron chi connectivity index (χ4n) is 5.79. The summed E-state index contributed by atoms with van der Waals surface area (Å²) in [4.78, 5) is 44.3. The lowest BCUT2D eigenvalue weighted by Gasteiger charge is -2.39. The van der Waals surface area contributed by atoms with E-state index in [4.69, 9.17) is 4.74 Å². The SMILES string of the molecule is CCCCCN1CC=C[C@]23S[C@@]4(C)C=CCCOC(=O)[C@H]4[C@H]2C(=O)N([C@H](C)CO)C3C1=O. The molecule has 6 atom stereocenters. The van der Waals surface area contributed by atoms with Gasteiger partial charge in [-0.05, 0) is 26.7 Å². The molecular formula is C24H34N2O5S. The predicted octanol–water partition coefficient (Wildman–Crippen LogP) is 2.15. The van der Waals surface area contributed by atoms with E-state index >= 15 is 0 Å². The summed E-state index contributed by atoms with van der Waals surface area (Å²) in [6.07, 6.45) is 11.7. The number of carbonyl (C=O) groups excluding carboxylic acids is 3. The van der Waals surface area contributed by atoms with Crippen LogP contribution in [0.3, 0.4) is 0 Å². The normalized spacial score (nSPS) is 37.4. The van der Waals surface area contributed by atoms with Crippen molar-refractivity contribution < 1.29 is 24.2 Å². The van der Waals surface area contributed by atoms with Gasteiger partial charge in [0.25, 0.3) is 0 Å². The van der Waals surface area contributed by atoms with Crippen LogP contribution < -0.4 is 0 Å². The number of fused-ring (bicyclic) bond motifs is 2. The third kappa shape index (κ3) is 3.50. The first kappa shape index (κ1) is 23.4. The second-order valence-electron chi connectivity index (χ2n) is 9.53. The summed E-state index contributed by atoms with van der Waals surface area (Å²) in [6, 6.07) is -1.27. The molecule has 1 N–H and O–H groups in total. The molecule has 8 heteroatoms. The molecular weight excluding hydrogens is 428 g/mol. The highest BCUT2D eigenvalue weighted by molar-refractivity contribution is 8.02. The summed E-state index contributed by atoms with van der Waals surface area (Å²) >= 11 is 1.54. The number of aliphatic hydroxyl groups excluding tert-OH is 1. The number of carbonyl (C=O) groups is 3. The van der Waals surface area contributed by atoms with E-state index in [9.17, 15) is 19.5 Å². The van der Waals surface area contributed by atoms with Gasteiger partial charge in [-0.1, -0.05) is 44.1 Å². The van der Waals surface area contributed by atoms with E-state index < -0.39 is 33.4 Å². The molecule has 2 amide bonds. The highest BCUT2D eigenvalue weighted by Gasteiger charge is 2.74. The molecule has 0 aromatic heterocycles. The molecule has 32 heavy (non-hydrogen) atoms. The fraction of sp³-hybridized carbons (Fsp3) is 0.708. The summed E-state index contributed by atoms with van der Waals surface area (Å²) in [5.41, 5.74) is 0. The number of unbranched alkanes of at least 4 members (excludes halogenated alkanes) is 2. The van der Waals surface area contributed by atoms with Gasteiger partial charge >= 0.3 is 5.97 Å². The van der Waals surface area contributed by atoms with E-state index in [1.807, 2.05) is 36.1 Å². The van der Waals surface area contributed by atoms with Gasteiger partial charge in [-0.25, -0.2) is 0 Å². The molecule has 2 saturated heterocycles. The van der Waals surface area contributed by atoms with E-state index in [0.717, 1.165) is 19.3 Å². The van der Waals surface area contributed by atoms with Gasteiger partial charge in [-0.2, -0.15) is 0 Å². The number of likely N-dealkylation sites (tertiary alicyclic amines) is 1. The molecule has 4 aliphatic rings. The summed E-state index contributed by atoms with van der Waals surface area (Å²) < 4.78 is 4.00. The first-order valence-electron chi connectivity index (χ1n) is 11.7. The lowest BCUT2D eigenvalue weighted by atomic mass is 9.74. The lowest BCUT2D eigenvalue weighted by molar-refractivity contribution is -0.154. The second-order valence-corrected chi connectivity index (χ2v) is 11.3. The van der Waals surface area contributed by atoms with Crippen LogP contribution in [0.25, 0.3) is 0 Å². The van der Waals surface area contributed by atoms with Gasteiger partial charge in [0.15, 0.2) is 0 Å². The van der Waals surface area contributed by atoms with Crippen molar-refractivity contribution in [2.45, 2.75) is 68.0 Å². The van der Waals surface area contributed by atoms with Crippen LogP contribution in [0.2, 0.25) is 0 Å². The van der Waals surface area contributed by atoms with Crippen molar-refractivity contribution in [3.63, 3.8) is 0 Å². The summed E-state index contributed by atoms with van der Waals surface area (Å²) in [5.74, 6) is -2.09. The van der Waals surface area contributed by atoms with Crippen molar-refractivity contribution in [1.82, 2.24) is 9.80 Å². The molecule has 1 spiro atoms. The Kier molecular flexibility index (Phi) is 6.47. The number of hydrogen-bond donors (Lipinski definition) is 1. The number of cyclic esters (lactones) is 1. The molecule has 0 bridgehead atoms. The van der Waals surface area contributed by atoms with Crippen molar-refractivity contribution in [1.29, 1.82) is 0 Å². The first-order valence-corrected chi connectivity index (χ1v) is 12.6. The van der Waals surface area contributed by atoms with Crippen molar-refractivity contribution in [3.05, 3.63) is 24.3 Å². The molecule has 7 nitrogen and oxygen atoms in total. The van der Waals surface area contributed by atoms with Gasteiger partial charge in [0.1, 0.15) is 6.04 Å². The smallest absolute Gasteiger partial charge is 0.311 e. The van der Waals surface area contributed by atoms with Gasteiger partial charge < -0.3 is 19.6 Å². The van der Waals surface area contributed by atoms with Crippen LogP contribution in [0.15, 0.2) is 24.3 Å². The third-order valence-electron chi connectivity index (χ3n) is 7.31. The van der Waals surface area contributed by atoms with Gasteiger partial charge in [0.05, 0.1) is 35.8 Å². The minimum Gasteiger partial charge on any atom is -0.465 e. The Balaban J connectivity index is 1.81. The largest absolute Gasteiger partial charge is 0.465 e. The third-order valence-corrected chi connectivity index (χ3v) is 9.11. The van der Waals surface area contributed by atoms with Crippen molar-refractivity contribution in [3.8, 4) is 0 Å². The molecule has 4 heterocycles. The molecule has 1 unspecified atom stereocenters. The van der Waals surface area contributed by atoms with E-state index in [-0.39, 0.29) is 24.4 Å². The molecule has 4 rings (SSSR count). The Labute approximate surface area is 194 Å². The predicted molar refractivity (Wildman–Crippen MR) is 123 cm³/mol. The minimum atomic E-state index is -0.871. The number of aliphatic hydroxyl groups is 1. The fourth-order valence-corrected chi connectivity index (χ4v) is 7.93. The first-order chi connectivity index (χ1) is 15.3. The molecule has 0 radical (unpaired) electrons. The average Bonchev–Trinajstić information content (AvgIpc) is 3.09. The number of esters is 1. The van der Waals surface area contributed by atoms with Crippen molar-refractivity contribution in [2.75, 3.05) is 26.3 Å². The Hall–Kier alpha value is -1.80. The topological polar surface area (TPSA) is 87.2 Å². The zero-order valence-corrected chi connectivity index (χ0v) is 20.0. The Morgan fingerprint density at radius 3 is 2.69 bits per heavy atom. The van der Waals surface area contributed by atoms with Crippen LogP contribution in [0.5, 0.6) is 0 Å². The zero-order chi connectivity index (χ0) is 23.1. The Morgan fingerprint density at radius 1 is 1.19 bits per heavy atom. The second kappa shape index (κ2) is 8.86. The maximum Gasteiger partial charge on any atom is 0.311 e. The van der Waals surface area contributed by atoms with E-state index in [2.05, 4.69) is 6.92 Å².